The molecule has 2 aromatic carbocycles. The van der Waals surface area contributed by atoms with Crippen molar-refractivity contribution in [3.8, 4) is 11.5 Å². The summed E-state index contributed by atoms with van der Waals surface area (Å²) in [5.41, 5.74) is 0.407. The molecular formula is C20H26N2O4S. The Labute approximate surface area is 161 Å². The Morgan fingerprint density at radius 3 is 2.11 bits per heavy atom. The van der Waals surface area contributed by atoms with E-state index in [1.54, 1.807) is 31.2 Å². The number of sulfonamides is 1. The minimum atomic E-state index is -3.64. The van der Waals surface area contributed by atoms with E-state index < -0.39 is 16.1 Å². The van der Waals surface area contributed by atoms with Crippen LogP contribution in [0.2, 0.25) is 0 Å². The standard InChI is InChI=1S/C20H26N2O4S/c1-5-15(2)21-20(23)16(3)22(27(4,24)25)17-11-13-19(14-12-17)26-18-9-7-6-8-10-18/h6-16H,5H2,1-4H3,(H,21,23)/t15-,16-/m0/s1. The zero-order valence-corrected chi connectivity index (χ0v) is 16.9. The lowest BCUT2D eigenvalue weighted by atomic mass is 10.2. The van der Waals surface area contributed by atoms with E-state index in [1.165, 1.54) is 0 Å². The van der Waals surface area contributed by atoms with Crippen molar-refractivity contribution in [1.82, 2.24) is 5.32 Å². The van der Waals surface area contributed by atoms with E-state index in [9.17, 15) is 13.2 Å². The third-order valence-electron chi connectivity index (χ3n) is 4.16. The molecule has 0 aliphatic rings. The molecule has 2 aromatic rings. The van der Waals surface area contributed by atoms with Crippen LogP contribution in [0.5, 0.6) is 11.5 Å². The van der Waals surface area contributed by atoms with Crippen LogP contribution in [-0.2, 0) is 14.8 Å². The van der Waals surface area contributed by atoms with Crippen LogP contribution in [0.25, 0.3) is 0 Å². The van der Waals surface area contributed by atoms with Crippen molar-refractivity contribution in [3.63, 3.8) is 0 Å². The number of amides is 1. The Balaban J connectivity index is 2.23. The lowest BCUT2D eigenvalue weighted by molar-refractivity contribution is -0.122. The summed E-state index contributed by atoms with van der Waals surface area (Å²) in [4.78, 5) is 12.4. The summed E-state index contributed by atoms with van der Waals surface area (Å²) in [7, 11) is -3.64. The highest BCUT2D eigenvalue weighted by molar-refractivity contribution is 7.92. The number of carbonyl (C=O) groups excluding carboxylic acids is 1. The SMILES string of the molecule is CC[C@H](C)NC(=O)[C@H](C)N(c1ccc(Oc2ccccc2)cc1)S(C)(=O)=O. The first-order chi connectivity index (χ1) is 12.7. The third kappa shape index (κ3) is 5.72. The number of nitrogens with one attached hydrogen (secondary N) is 1. The molecule has 146 valence electrons. The van der Waals surface area contributed by atoms with Crippen molar-refractivity contribution in [2.75, 3.05) is 10.6 Å². The predicted molar refractivity (Wildman–Crippen MR) is 108 cm³/mol. The molecule has 0 unspecified atom stereocenters. The van der Waals surface area contributed by atoms with Crippen LogP contribution < -0.4 is 14.4 Å². The monoisotopic (exact) mass is 390 g/mol. The van der Waals surface area contributed by atoms with Gasteiger partial charge in [0.2, 0.25) is 15.9 Å². The van der Waals surface area contributed by atoms with Gasteiger partial charge in [0, 0.05) is 6.04 Å². The fraction of sp³-hybridized carbons (Fsp3) is 0.350. The number of rotatable bonds is 8. The van der Waals surface area contributed by atoms with E-state index in [1.807, 2.05) is 44.2 Å². The molecule has 0 saturated carbocycles. The van der Waals surface area contributed by atoms with Gasteiger partial charge in [-0.25, -0.2) is 8.42 Å². The lowest BCUT2D eigenvalue weighted by Crippen LogP contribution is -2.49. The second kappa shape index (κ2) is 8.90. The van der Waals surface area contributed by atoms with Crippen LogP contribution >= 0.6 is 0 Å². The molecule has 0 aromatic heterocycles. The molecular weight excluding hydrogens is 364 g/mol. The minimum absolute atomic E-state index is 0.0250. The maximum absolute atomic E-state index is 12.4. The third-order valence-corrected chi connectivity index (χ3v) is 5.40. The number of carbonyl (C=O) groups is 1. The summed E-state index contributed by atoms with van der Waals surface area (Å²) in [6.07, 6.45) is 1.86. The molecule has 0 aliphatic carbocycles. The zero-order valence-electron chi connectivity index (χ0n) is 16.0. The van der Waals surface area contributed by atoms with Crippen LogP contribution in [0.4, 0.5) is 5.69 Å². The largest absolute Gasteiger partial charge is 0.457 e. The number of nitrogens with zero attached hydrogens (tertiary/aromatic N) is 1. The molecule has 0 spiro atoms. The molecule has 0 radical (unpaired) electrons. The smallest absolute Gasteiger partial charge is 0.243 e. The summed E-state index contributed by atoms with van der Waals surface area (Å²) in [5, 5.41) is 2.83. The van der Waals surface area contributed by atoms with Crippen molar-refractivity contribution >= 4 is 21.6 Å². The van der Waals surface area contributed by atoms with E-state index in [0.717, 1.165) is 17.0 Å². The van der Waals surface area contributed by atoms with Gasteiger partial charge in [-0.15, -0.1) is 0 Å². The second-order valence-corrected chi connectivity index (χ2v) is 8.32. The second-order valence-electron chi connectivity index (χ2n) is 6.46. The number of ether oxygens (including phenoxy) is 1. The van der Waals surface area contributed by atoms with Gasteiger partial charge in [-0.05, 0) is 56.7 Å². The first-order valence-corrected chi connectivity index (χ1v) is 10.7. The van der Waals surface area contributed by atoms with Crippen molar-refractivity contribution in [1.29, 1.82) is 0 Å². The highest BCUT2D eigenvalue weighted by Crippen LogP contribution is 2.26. The van der Waals surface area contributed by atoms with Crippen molar-refractivity contribution < 1.29 is 17.9 Å². The van der Waals surface area contributed by atoms with Crippen LogP contribution in [0.15, 0.2) is 54.6 Å². The quantitative estimate of drug-likeness (QED) is 0.748. The fourth-order valence-corrected chi connectivity index (χ4v) is 3.73. The van der Waals surface area contributed by atoms with Crippen LogP contribution in [0.3, 0.4) is 0 Å². The average molecular weight is 391 g/mol. The van der Waals surface area contributed by atoms with Crippen LogP contribution in [-0.4, -0.2) is 32.7 Å². The minimum Gasteiger partial charge on any atom is -0.457 e. The molecule has 1 N–H and O–H groups in total. The van der Waals surface area contributed by atoms with Crippen molar-refractivity contribution in [2.45, 2.75) is 39.3 Å². The predicted octanol–water partition coefficient (Wildman–Crippen LogP) is 3.55. The van der Waals surface area contributed by atoms with Gasteiger partial charge in [0.1, 0.15) is 17.5 Å². The van der Waals surface area contributed by atoms with Gasteiger partial charge in [-0.1, -0.05) is 25.1 Å². The number of hydrogen-bond donors (Lipinski definition) is 1. The summed E-state index contributed by atoms with van der Waals surface area (Å²) < 4.78 is 31.5. The maximum atomic E-state index is 12.4. The Morgan fingerprint density at radius 1 is 1.04 bits per heavy atom. The van der Waals surface area contributed by atoms with Crippen LogP contribution in [0.1, 0.15) is 27.2 Å². The van der Waals surface area contributed by atoms with Crippen LogP contribution in [0, 0.1) is 0 Å². The molecule has 7 heteroatoms. The average Bonchev–Trinajstić information content (AvgIpc) is 2.62. The Morgan fingerprint density at radius 2 is 1.59 bits per heavy atom. The van der Waals surface area contributed by atoms with E-state index in [0.29, 0.717) is 17.2 Å². The normalized spacial score (nSPS) is 13.5. The number of hydrogen-bond acceptors (Lipinski definition) is 4. The Bertz CT molecular complexity index is 851. The van der Waals surface area contributed by atoms with E-state index >= 15 is 0 Å². The molecule has 0 saturated heterocycles. The van der Waals surface area contributed by atoms with Gasteiger partial charge in [-0.2, -0.15) is 0 Å². The number of benzene rings is 2. The molecule has 27 heavy (non-hydrogen) atoms. The number of para-hydroxylation sites is 1. The van der Waals surface area contributed by atoms with Gasteiger partial charge in [0.25, 0.3) is 0 Å². The molecule has 1 amide bonds. The molecule has 0 aliphatic heterocycles. The molecule has 2 rings (SSSR count). The van der Waals surface area contributed by atoms with Crippen molar-refractivity contribution in [3.05, 3.63) is 54.6 Å². The topological polar surface area (TPSA) is 75.7 Å². The van der Waals surface area contributed by atoms with E-state index in [2.05, 4.69) is 5.32 Å². The summed E-state index contributed by atoms with van der Waals surface area (Å²) in [6, 6.07) is 15.0. The molecule has 2 atom stereocenters. The van der Waals surface area contributed by atoms with Gasteiger partial charge < -0.3 is 10.1 Å². The molecule has 0 bridgehead atoms. The summed E-state index contributed by atoms with van der Waals surface area (Å²) in [5.74, 6) is 0.931. The summed E-state index contributed by atoms with van der Waals surface area (Å²) in [6.45, 7) is 5.41. The molecule has 0 heterocycles. The van der Waals surface area contributed by atoms with Crippen molar-refractivity contribution in [2.24, 2.45) is 0 Å². The van der Waals surface area contributed by atoms with Gasteiger partial charge in [0.05, 0.1) is 11.9 Å². The van der Waals surface area contributed by atoms with Gasteiger partial charge >= 0.3 is 0 Å². The highest BCUT2D eigenvalue weighted by Gasteiger charge is 2.29. The number of anilines is 1. The maximum Gasteiger partial charge on any atom is 0.243 e. The Hall–Kier alpha value is -2.54. The fourth-order valence-electron chi connectivity index (χ4n) is 2.56. The highest BCUT2D eigenvalue weighted by atomic mass is 32.2. The lowest BCUT2D eigenvalue weighted by Gasteiger charge is -2.29. The molecule has 0 fully saturated rings. The first-order valence-electron chi connectivity index (χ1n) is 8.85. The zero-order chi connectivity index (χ0) is 20.0. The Kier molecular flexibility index (Phi) is 6.85. The van der Waals surface area contributed by atoms with E-state index in [4.69, 9.17) is 4.74 Å². The van der Waals surface area contributed by atoms with Gasteiger partial charge in [0.15, 0.2) is 0 Å². The van der Waals surface area contributed by atoms with Gasteiger partial charge in [-0.3, -0.25) is 9.10 Å². The van der Waals surface area contributed by atoms with E-state index in [-0.39, 0.29) is 11.9 Å². The first kappa shape index (κ1) is 20.8. The summed E-state index contributed by atoms with van der Waals surface area (Å²) >= 11 is 0. The molecule has 6 nitrogen and oxygen atoms in total.